The minimum absolute atomic E-state index is 0.138. The van der Waals surface area contributed by atoms with E-state index in [2.05, 4.69) is 15.3 Å². The van der Waals surface area contributed by atoms with Crippen LogP contribution in [-0.2, 0) is 6.18 Å². The maximum absolute atomic E-state index is 13.3. The van der Waals surface area contributed by atoms with Gasteiger partial charge in [-0.25, -0.2) is 9.67 Å². The van der Waals surface area contributed by atoms with Crippen LogP contribution < -0.4 is 0 Å². The highest BCUT2D eigenvalue weighted by atomic mass is 32.1. The van der Waals surface area contributed by atoms with Crippen LogP contribution in [0.5, 0.6) is 0 Å². The number of fused-ring (bicyclic) bond motifs is 1. The second kappa shape index (κ2) is 6.14. The van der Waals surface area contributed by atoms with Gasteiger partial charge in [-0.2, -0.15) is 13.2 Å². The molecule has 0 spiro atoms. The zero-order valence-corrected chi connectivity index (χ0v) is 15.2. The summed E-state index contributed by atoms with van der Waals surface area (Å²) in [7, 11) is 0. The first-order valence-corrected chi connectivity index (χ1v) is 9.46. The maximum Gasteiger partial charge on any atom is 0.418 e. The molecule has 1 unspecified atom stereocenters. The van der Waals surface area contributed by atoms with Crippen molar-refractivity contribution in [3.8, 4) is 5.69 Å². The average Bonchev–Trinajstić information content (AvgIpc) is 3.07. The van der Waals surface area contributed by atoms with Gasteiger partial charge in [-0.15, -0.1) is 16.4 Å². The molecule has 10 heteroatoms. The number of rotatable bonds is 4. The van der Waals surface area contributed by atoms with E-state index < -0.39 is 17.8 Å². The predicted molar refractivity (Wildman–Crippen MR) is 95.5 cm³/mol. The number of hydrogen-bond acceptors (Lipinski definition) is 5. The number of aliphatic hydroxyl groups is 1. The topological polar surface area (TPSA) is 68.2 Å². The molecule has 1 saturated carbocycles. The Morgan fingerprint density at radius 3 is 2.75 bits per heavy atom. The van der Waals surface area contributed by atoms with Gasteiger partial charge >= 0.3 is 6.18 Å². The number of imidazole rings is 1. The Balaban J connectivity index is 1.56. The zero-order valence-electron chi connectivity index (χ0n) is 14.3. The number of nitrogens with zero attached hydrogens (tertiary/aromatic N) is 5. The van der Waals surface area contributed by atoms with Crippen molar-refractivity contribution in [3.63, 3.8) is 0 Å². The van der Waals surface area contributed by atoms with Crippen LogP contribution in [0.25, 0.3) is 10.5 Å². The first-order valence-electron chi connectivity index (χ1n) is 8.65. The van der Waals surface area contributed by atoms with Crippen molar-refractivity contribution >= 4 is 16.2 Å². The lowest BCUT2D eigenvalue weighted by molar-refractivity contribution is -0.137. The molecule has 0 aliphatic heterocycles. The highest BCUT2D eigenvalue weighted by Gasteiger charge is 2.35. The van der Waals surface area contributed by atoms with Crippen molar-refractivity contribution < 1.29 is 18.3 Å². The number of alkyl halides is 3. The predicted octanol–water partition coefficient (Wildman–Crippen LogP) is 3.95. The van der Waals surface area contributed by atoms with E-state index in [4.69, 9.17) is 0 Å². The lowest BCUT2D eigenvalue weighted by atomic mass is 10.1. The summed E-state index contributed by atoms with van der Waals surface area (Å²) in [5, 5.41) is 18.7. The van der Waals surface area contributed by atoms with E-state index in [9.17, 15) is 18.3 Å². The van der Waals surface area contributed by atoms with Crippen LogP contribution in [0.3, 0.4) is 0 Å². The Morgan fingerprint density at radius 2 is 2.00 bits per heavy atom. The summed E-state index contributed by atoms with van der Waals surface area (Å²) in [6.45, 7) is 0. The Kier molecular flexibility index (Phi) is 3.81. The summed E-state index contributed by atoms with van der Waals surface area (Å²) < 4.78 is 42.7. The number of aromatic nitrogens is 5. The maximum atomic E-state index is 13.3. The van der Waals surface area contributed by atoms with Crippen LogP contribution in [0.1, 0.15) is 46.7 Å². The highest BCUT2D eigenvalue weighted by molar-refractivity contribution is 7.17. The second-order valence-electron chi connectivity index (χ2n) is 6.73. The van der Waals surface area contributed by atoms with E-state index >= 15 is 0 Å². The molecule has 144 valence electrons. The van der Waals surface area contributed by atoms with Crippen molar-refractivity contribution in [1.82, 2.24) is 24.4 Å². The largest absolute Gasteiger partial charge is 0.418 e. The molecule has 1 aliphatic rings. The Hall–Kier alpha value is -2.72. The van der Waals surface area contributed by atoms with E-state index in [1.807, 2.05) is 4.40 Å². The van der Waals surface area contributed by atoms with E-state index in [0.29, 0.717) is 11.6 Å². The molecule has 0 saturated heterocycles. The lowest BCUT2D eigenvalue weighted by Crippen LogP contribution is -2.11. The normalized spacial score (nSPS) is 16.0. The SMILES string of the molecule is OC(c1cn(-c2ccccc2C(F)(F)F)nn1)c1c(C2CC2)sc2cncn12. The van der Waals surface area contributed by atoms with Crippen LogP contribution in [0.4, 0.5) is 13.2 Å². The average molecular weight is 405 g/mol. The molecule has 3 heterocycles. The number of aliphatic hydroxyl groups excluding tert-OH is 1. The van der Waals surface area contributed by atoms with Gasteiger partial charge in [-0.3, -0.25) is 4.40 Å². The van der Waals surface area contributed by atoms with E-state index in [1.165, 1.54) is 24.4 Å². The molecule has 4 aromatic rings. The second-order valence-corrected chi connectivity index (χ2v) is 7.80. The number of hydrogen-bond donors (Lipinski definition) is 1. The molecule has 0 amide bonds. The summed E-state index contributed by atoms with van der Waals surface area (Å²) >= 11 is 1.57. The Labute approximate surface area is 160 Å². The molecule has 28 heavy (non-hydrogen) atoms. The molecule has 1 fully saturated rings. The zero-order chi connectivity index (χ0) is 19.5. The van der Waals surface area contributed by atoms with Crippen molar-refractivity contribution in [2.24, 2.45) is 0 Å². The molecule has 1 atom stereocenters. The van der Waals surface area contributed by atoms with Crippen LogP contribution in [-0.4, -0.2) is 29.5 Å². The molecule has 3 aromatic heterocycles. The van der Waals surface area contributed by atoms with Crippen LogP contribution >= 0.6 is 11.3 Å². The third kappa shape index (κ3) is 2.80. The summed E-state index contributed by atoms with van der Waals surface area (Å²) in [5.41, 5.74) is -0.1000. The van der Waals surface area contributed by atoms with Crippen molar-refractivity contribution in [3.05, 3.63) is 64.8 Å². The smallest absolute Gasteiger partial charge is 0.380 e. The monoisotopic (exact) mass is 405 g/mol. The van der Waals surface area contributed by atoms with Crippen LogP contribution in [0.15, 0.2) is 43.0 Å². The number of benzene rings is 1. The number of thiazole rings is 1. The van der Waals surface area contributed by atoms with Crippen LogP contribution in [0, 0.1) is 0 Å². The van der Waals surface area contributed by atoms with Gasteiger partial charge in [0.25, 0.3) is 0 Å². The fourth-order valence-corrected chi connectivity index (χ4v) is 4.60. The molecule has 1 aliphatic carbocycles. The molecule has 1 N–H and O–H groups in total. The van der Waals surface area contributed by atoms with E-state index in [0.717, 1.165) is 33.3 Å². The third-order valence-corrected chi connectivity index (χ3v) is 6.06. The molecular formula is C18H14F3N5OS. The van der Waals surface area contributed by atoms with Gasteiger partial charge < -0.3 is 5.11 Å². The standard InChI is InChI=1S/C18H14F3N5OS/c19-18(20,21)11-3-1-2-4-13(11)26-8-12(23-24-26)16(27)15-17(10-5-6-10)28-14-7-22-9-25(14)15/h1-4,7-10,16,27H,5-6H2. The summed E-state index contributed by atoms with van der Waals surface area (Å²) in [5.74, 6) is 0.399. The van der Waals surface area contributed by atoms with Gasteiger partial charge in [0.2, 0.25) is 0 Å². The molecule has 0 bridgehead atoms. The fourth-order valence-electron chi connectivity index (χ4n) is 3.30. The lowest BCUT2D eigenvalue weighted by Gasteiger charge is -2.12. The Morgan fingerprint density at radius 1 is 1.21 bits per heavy atom. The first-order chi connectivity index (χ1) is 13.4. The molecule has 0 radical (unpaired) electrons. The molecule has 5 rings (SSSR count). The van der Waals surface area contributed by atoms with Gasteiger partial charge in [-0.1, -0.05) is 17.3 Å². The van der Waals surface area contributed by atoms with Crippen molar-refractivity contribution in [1.29, 1.82) is 0 Å². The molecule has 1 aromatic carbocycles. The third-order valence-electron chi connectivity index (χ3n) is 4.79. The van der Waals surface area contributed by atoms with Gasteiger partial charge in [-0.05, 0) is 30.9 Å². The summed E-state index contributed by atoms with van der Waals surface area (Å²) in [6.07, 6.45) is 1.18. The van der Waals surface area contributed by atoms with Gasteiger partial charge in [0.1, 0.15) is 23.0 Å². The minimum Gasteiger partial charge on any atom is -0.380 e. The van der Waals surface area contributed by atoms with Crippen molar-refractivity contribution in [2.45, 2.75) is 31.0 Å². The van der Waals surface area contributed by atoms with Crippen molar-refractivity contribution in [2.75, 3.05) is 0 Å². The van der Waals surface area contributed by atoms with Gasteiger partial charge in [0, 0.05) is 4.88 Å². The van der Waals surface area contributed by atoms with E-state index in [-0.39, 0.29) is 11.4 Å². The number of halogens is 3. The van der Waals surface area contributed by atoms with E-state index in [1.54, 1.807) is 23.9 Å². The fraction of sp³-hybridized carbons (Fsp3) is 0.278. The van der Waals surface area contributed by atoms with Gasteiger partial charge in [0.05, 0.1) is 29.3 Å². The number of para-hydroxylation sites is 1. The van der Waals surface area contributed by atoms with Crippen LogP contribution in [0.2, 0.25) is 0 Å². The molecular weight excluding hydrogens is 391 g/mol. The quantitative estimate of drug-likeness (QED) is 0.558. The Bertz CT molecular complexity index is 1160. The first kappa shape index (κ1) is 17.4. The summed E-state index contributed by atoms with van der Waals surface area (Å²) in [6, 6.07) is 5.14. The van der Waals surface area contributed by atoms with Gasteiger partial charge in [0.15, 0.2) is 0 Å². The minimum atomic E-state index is -4.52. The highest BCUT2D eigenvalue weighted by Crippen LogP contribution is 2.47. The molecule has 6 nitrogen and oxygen atoms in total. The summed E-state index contributed by atoms with van der Waals surface area (Å²) in [4.78, 5) is 6.08.